The zero-order chi connectivity index (χ0) is 15.9. The maximum Gasteiger partial charge on any atom is 0.363 e. The summed E-state index contributed by atoms with van der Waals surface area (Å²) in [7, 11) is 2.40. The Kier molecular flexibility index (Phi) is 4.30. The molecule has 0 saturated carbocycles. The highest BCUT2D eigenvalue weighted by atomic mass is 16.8. The van der Waals surface area contributed by atoms with Crippen molar-refractivity contribution in [1.82, 2.24) is 0 Å². The van der Waals surface area contributed by atoms with Gasteiger partial charge in [-0.05, 0) is 0 Å². The van der Waals surface area contributed by atoms with E-state index in [1.807, 2.05) is 0 Å². The minimum absolute atomic E-state index is 0.0430. The van der Waals surface area contributed by atoms with Crippen molar-refractivity contribution in [2.24, 2.45) is 0 Å². The Bertz CT molecular complexity index is 453. The molecule has 0 radical (unpaired) electrons. The van der Waals surface area contributed by atoms with E-state index in [2.05, 4.69) is 9.47 Å². The maximum atomic E-state index is 11.3. The van der Waals surface area contributed by atoms with Crippen molar-refractivity contribution < 1.29 is 47.9 Å². The molecule has 3 rings (SSSR count). The van der Waals surface area contributed by atoms with Crippen LogP contribution in [0.1, 0.15) is 0 Å². The fourth-order valence-corrected chi connectivity index (χ4v) is 2.54. The number of rotatable bonds is 3. The van der Waals surface area contributed by atoms with Crippen LogP contribution >= 0.6 is 0 Å². The third kappa shape index (κ3) is 2.57. The summed E-state index contributed by atoms with van der Waals surface area (Å²) in [5.41, 5.74) is 0. The molecule has 1 N–H and O–H groups in total. The SMILES string of the molecule is COC(=O)C1OCC(C2OC3OC(C(=O)OC)OC3C2O)O1. The van der Waals surface area contributed by atoms with Crippen LogP contribution < -0.4 is 0 Å². The number of aliphatic hydroxyl groups excluding tert-OH is 1. The van der Waals surface area contributed by atoms with Crippen LogP contribution in [-0.4, -0.2) is 81.2 Å². The number of carbonyl (C=O) groups is 2. The van der Waals surface area contributed by atoms with E-state index in [9.17, 15) is 14.7 Å². The van der Waals surface area contributed by atoms with Gasteiger partial charge in [0.1, 0.15) is 24.4 Å². The zero-order valence-corrected chi connectivity index (χ0v) is 11.9. The number of ether oxygens (including phenoxy) is 7. The Hall–Kier alpha value is -1.30. The van der Waals surface area contributed by atoms with E-state index in [1.165, 1.54) is 14.2 Å². The van der Waals surface area contributed by atoms with Crippen LogP contribution in [-0.2, 0) is 42.7 Å². The van der Waals surface area contributed by atoms with Crippen molar-refractivity contribution in [2.75, 3.05) is 20.8 Å². The largest absolute Gasteiger partial charge is 0.465 e. The van der Waals surface area contributed by atoms with Gasteiger partial charge >= 0.3 is 11.9 Å². The minimum atomic E-state index is -1.24. The smallest absolute Gasteiger partial charge is 0.363 e. The highest BCUT2D eigenvalue weighted by molar-refractivity contribution is 5.73. The first-order chi connectivity index (χ1) is 10.5. The van der Waals surface area contributed by atoms with Gasteiger partial charge < -0.3 is 38.3 Å². The molecule has 3 fully saturated rings. The molecule has 7 unspecified atom stereocenters. The normalized spacial score (nSPS) is 43.9. The van der Waals surface area contributed by atoms with Crippen molar-refractivity contribution in [3.8, 4) is 0 Å². The van der Waals surface area contributed by atoms with Crippen molar-refractivity contribution in [2.45, 2.75) is 43.3 Å². The van der Waals surface area contributed by atoms with E-state index in [0.29, 0.717) is 0 Å². The predicted molar refractivity (Wildman–Crippen MR) is 63.1 cm³/mol. The molecular weight excluding hydrogens is 304 g/mol. The summed E-state index contributed by atoms with van der Waals surface area (Å²) >= 11 is 0. The number of fused-ring (bicyclic) bond motifs is 1. The van der Waals surface area contributed by atoms with E-state index in [-0.39, 0.29) is 6.61 Å². The van der Waals surface area contributed by atoms with Crippen LogP contribution in [0.2, 0.25) is 0 Å². The molecule has 0 bridgehead atoms. The fraction of sp³-hybridized carbons (Fsp3) is 0.833. The second-order valence-corrected chi connectivity index (χ2v) is 4.91. The summed E-state index contributed by atoms with van der Waals surface area (Å²) in [6.45, 7) is 0.0430. The lowest BCUT2D eigenvalue weighted by molar-refractivity contribution is -0.208. The number of aliphatic hydroxyl groups is 1. The van der Waals surface area contributed by atoms with Crippen molar-refractivity contribution in [1.29, 1.82) is 0 Å². The molecule has 0 amide bonds. The van der Waals surface area contributed by atoms with Crippen molar-refractivity contribution in [3.63, 3.8) is 0 Å². The van der Waals surface area contributed by atoms with Crippen LogP contribution in [0.3, 0.4) is 0 Å². The molecule has 3 heterocycles. The highest BCUT2D eigenvalue weighted by Gasteiger charge is 2.57. The van der Waals surface area contributed by atoms with Gasteiger partial charge in [-0.2, -0.15) is 0 Å². The van der Waals surface area contributed by atoms with Gasteiger partial charge in [0.15, 0.2) is 6.29 Å². The number of esters is 2. The molecule has 0 aromatic carbocycles. The Morgan fingerprint density at radius 2 is 1.64 bits per heavy atom. The van der Waals surface area contributed by atoms with Crippen molar-refractivity contribution in [3.05, 3.63) is 0 Å². The average molecular weight is 320 g/mol. The summed E-state index contributed by atoms with van der Waals surface area (Å²) < 4.78 is 35.5. The van der Waals surface area contributed by atoms with Crippen LogP contribution in [0.5, 0.6) is 0 Å². The molecular formula is C12H16O10. The quantitative estimate of drug-likeness (QED) is 0.579. The molecule has 0 spiro atoms. The summed E-state index contributed by atoms with van der Waals surface area (Å²) in [4.78, 5) is 22.7. The van der Waals surface area contributed by atoms with Gasteiger partial charge in [0.05, 0.1) is 20.8 Å². The molecule has 3 aliphatic rings. The molecule has 0 aliphatic carbocycles. The van der Waals surface area contributed by atoms with Gasteiger partial charge in [-0.15, -0.1) is 0 Å². The molecule has 3 aliphatic heterocycles. The Morgan fingerprint density at radius 1 is 0.955 bits per heavy atom. The molecule has 124 valence electrons. The molecule has 0 aromatic heterocycles. The van der Waals surface area contributed by atoms with Gasteiger partial charge in [-0.25, -0.2) is 9.59 Å². The van der Waals surface area contributed by atoms with E-state index < -0.39 is 55.2 Å². The number of hydrogen-bond acceptors (Lipinski definition) is 10. The van der Waals surface area contributed by atoms with Crippen LogP contribution in [0.25, 0.3) is 0 Å². The molecule has 22 heavy (non-hydrogen) atoms. The summed E-state index contributed by atoms with van der Waals surface area (Å²) in [5.74, 6) is -1.39. The number of methoxy groups -OCH3 is 2. The van der Waals surface area contributed by atoms with E-state index in [1.54, 1.807) is 0 Å². The first-order valence-electron chi connectivity index (χ1n) is 6.62. The average Bonchev–Trinajstić information content (AvgIpc) is 3.21. The molecule has 10 nitrogen and oxygen atoms in total. The molecule has 0 aromatic rings. The van der Waals surface area contributed by atoms with Gasteiger partial charge in [0, 0.05) is 0 Å². The Labute approximate surface area is 125 Å². The highest BCUT2D eigenvalue weighted by Crippen LogP contribution is 2.36. The van der Waals surface area contributed by atoms with Gasteiger partial charge in [-0.3, -0.25) is 0 Å². The van der Waals surface area contributed by atoms with E-state index in [0.717, 1.165) is 0 Å². The van der Waals surface area contributed by atoms with Gasteiger partial charge in [0.2, 0.25) is 0 Å². The lowest BCUT2D eigenvalue weighted by Crippen LogP contribution is -2.42. The third-order valence-electron chi connectivity index (χ3n) is 3.64. The lowest BCUT2D eigenvalue weighted by atomic mass is 10.1. The first-order valence-corrected chi connectivity index (χ1v) is 6.62. The zero-order valence-electron chi connectivity index (χ0n) is 11.9. The Morgan fingerprint density at radius 3 is 2.27 bits per heavy atom. The monoisotopic (exact) mass is 320 g/mol. The summed E-state index contributed by atoms with van der Waals surface area (Å²) in [6, 6.07) is 0. The standard InChI is InChI=1S/C12H16O10/c1-16-8(14)11-18-3-4(19-11)6-5(13)7-10(20-6)22-12(21-7)9(15)17-2/h4-7,10-13H,3H2,1-2H3. The van der Waals surface area contributed by atoms with E-state index in [4.69, 9.17) is 23.7 Å². The molecule has 7 atom stereocenters. The predicted octanol–water partition coefficient (Wildman–Crippen LogP) is -2.10. The van der Waals surface area contributed by atoms with Gasteiger partial charge in [0.25, 0.3) is 12.6 Å². The number of hydrogen-bond donors (Lipinski definition) is 1. The fourth-order valence-electron chi connectivity index (χ4n) is 2.54. The maximum absolute atomic E-state index is 11.3. The topological polar surface area (TPSA) is 119 Å². The van der Waals surface area contributed by atoms with E-state index >= 15 is 0 Å². The third-order valence-corrected chi connectivity index (χ3v) is 3.64. The molecule has 10 heteroatoms. The van der Waals surface area contributed by atoms with Crippen LogP contribution in [0, 0.1) is 0 Å². The lowest BCUT2D eigenvalue weighted by Gasteiger charge is -2.22. The minimum Gasteiger partial charge on any atom is -0.465 e. The Balaban J connectivity index is 1.59. The van der Waals surface area contributed by atoms with Crippen molar-refractivity contribution >= 4 is 11.9 Å². The van der Waals surface area contributed by atoms with Crippen LogP contribution in [0.4, 0.5) is 0 Å². The van der Waals surface area contributed by atoms with Crippen LogP contribution in [0.15, 0.2) is 0 Å². The summed E-state index contributed by atoms with van der Waals surface area (Å²) in [6.07, 6.45) is -6.78. The summed E-state index contributed by atoms with van der Waals surface area (Å²) in [5, 5.41) is 10.2. The van der Waals surface area contributed by atoms with Gasteiger partial charge in [-0.1, -0.05) is 0 Å². The first kappa shape index (κ1) is 15.6. The molecule has 3 saturated heterocycles. The second kappa shape index (κ2) is 6.07. The second-order valence-electron chi connectivity index (χ2n) is 4.91. The number of carbonyl (C=O) groups excluding carboxylic acids is 2.